The maximum absolute atomic E-state index is 13.1. The summed E-state index contributed by atoms with van der Waals surface area (Å²) in [6.45, 7) is 3.88. The molecule has 0 bridgehead atoms. The second kappa shape index (κ2) is 16.3. The molecule has 3 amide bonds. The lowest BCUT2D eigenvalue weighted by Crippen LogP contribution is -2.58. The number of carboxylic acids is 1. The van der Waals surface area contributed by atoms with Crippen molar-refractivity contribution in [1.82, 2.24) is 16.0 Å². The lowest BCUT2D eigenvalue weighted by Gasteiger charge is -2.25. The number of hydrogen-bond acceptors (Lipinski definition) is 8. The maximum Gasteiger partial charge on any atom is 0.326 e. The number of carbonyl (C=O) groups is 4. The highest BCUT2D eigenvalue weighted by molar-refractivity contribution is 7.80. The number of nitrogens with one attached hydrogen (secondary N) is 3. The van der Waals surface area contributed by atoms with Crippen LogP contribution >= 0.6 is 12.6 Å². The Hall–Kier alpha value is -3.52. The highest BCUT2D eigenvalue weighted by Gasteiger charge is 2.30. The quantitative estimate of drug-likeness (QED) is 0.0518. The molecule has 0 saturated carbocycles. The molecule has 1 aromatic rings. The Morgan fingerprint density at radius 3 is 2.05 bits per heavy atom. The van der Waals surface area contributed by atoms with Crippen LogP contribution in [0.25, 0.3) is 0 Å². The summed E-state index contributed by atoms with van der Waals surface area (Å²) in [5.74, 6) is -3.54. The number of nitrogens with two attached hydrogens (primary N) is 3. The fraction of sp³-hybridized carbons (Fsp3) is 0.542. The number of aliphatic carboxylic acids is 1. The molecule has 0 aliphatic rings. The SMILES string of the molecule is CCC(C)C(N)C(=O)NC(CS)C(=O)NC(Cc1ccc(O)cc1)C(=O)NC(CCCN=C(N)N)C(=O)O. The van der Waals surface area contributed by atoms with E-state index in [4.69, 9.17) is 17.2 Å². The number of amides is 3. The zero-order chi connectivity index (χ0) is 28.8. The molecule has 0 fully saturated rings. The molecule has 1 rings (SSSR count). The molecule has 0 aromatic heterocycles. The van der Waals surface area contributed by atoms with Gasteiger partial charge in [-0.15, -0.1) is 0 Å². The van der Waals surface area contributed by atoms with Gasteiger partial charge in [0.05, 0.1) is 6.04 Å². The molecule has 0 aliphatic heterocycles. The third-order valence-corrected chi connectivity index (χ3v) is 6.31. The molecule has 0 aliphatic carbocycles. The van der Waals surface area contributed by atoms with E-state index in [2.05, 4.69) is 33.6 Å². The van der Waals surface area contributed by atoms with Crippen molar-refractivity contribution in [3.8, 4) is 5.75 Å². The van der Waals surface area contributed by atoms with Crippen LogP contribution in [0.2, 0.25) is 0 Å². The van der Waals surface area contributed by atoms with Crippen LogP contribution in [0.4, 0.5) is 0 Å². The summed E-state index contributed by atoms with van der Waals surface area (Å²) in [5, 5.41) is 26.7. The number of hydrogen-bond donors (Lipinski definition) is 9. The van der Waals surface area contributed by atoms with Crippen LogP contribution < -0.4 is 33.2 Å². The first kappa shape index (κ1) is 32.5. The summed E-state index contributed by atoms with van der Waals surface area (Å²) in [5.41, 5.74) is 17.1. The summed E-state index contributed by atoms with van der Waals surface area (Å²) >= 11 is 4.15. The van der Waals surface area contributed by atoms with Gasteiger partial charge in [-0.25, -0.2) is 4.79 Å². The summed E-state index contributed by atoms with van der Waals surface area (Å²) in [4.78, 5) is 54.2. The molecular formula is C24H39N7O6S. The van der Waals surface area contributed by atoms with Gasteiger partial charge < -0.3 is 43.4 Å². The number of nitrogens with zero attached hydrogens (tertiary/aromatic N) is 1. The number of aromatic hydroxyl groups is 1. The molecule has 0 spiro atoms. The van der Waals surface area contributed by atoms with Crippen molar-refractivity contribution < 1.29 is 29.4 Å². The number of carbonyl (C=O) groups excluding carboxylic acids is 3. The van der Waals surface area contributed by atoms with Crippen molar-refractivity contribution in [1.29, 1.82) is 0 Å². The number of phenols is 1. The van der Waals surface area contributed by atoms with Crippen molar-refractivity contribution in [3.63, 3.8) is 0 Å². The highest BCUT2D eigenvalue weighted by Crippen LogP contribution is 2.12. The van der Waals surface area contributed by atoms with Gasteiger partial charge in [-0.3, -0.25) is 19.4 Å². The third-order valence-electron chi connectivity index (χ3n) is 5.94. The molecule has 11 N–H and O–H groups in total. The van der Waals surface area contributed by atoms with Crippen LogP contribution in [-0.4, -0.2) is 76.3 Å². The Morgan fingerprint density at radius 1 is 0.974 bits per heavy atom. The minimum absolute atomic E-state index is 0.0148. The molecular weight excluding hydrogens is 514 g/mol. The first-order chi connectivity index (χ1) is 17.9. The van der Waals surface area contributed by atoms with E-state index >= 15 is 0 Å². The number of aliphatic imine (C=N–C) groups is 1. The molecule has 5 unspecified atom stereocenters. The monoisotopic (exact) mass is 553 g/mol. The van der Waals surface area contributed by atoms with Crippen molar-refractivity contribution in [2.75, 3.05) is 12.3 Å². The Labute approximate surface area is 227 Å². The maximum atomic E-state index is 13.1. The standard InChI is InChI=1S/C24H39N7O6S/c1-3-13(2)19(25)22(35)31-18(12-38)21(34)30-17(11-14-6-8-15(32)9-7-14)20(33)29-16(23(36)37)5-4-10-28-24(26)27/h6-9,13,16-19,32,38H,3-5,10-12,25H2,1-2H3,(H,29,33)(H,30,34)(H,31,35)(H,36,37)(H4,26,27,28). The van der Waals surface area contributed by atoms with Gasteiger partial charge in [-0.1, -0.05) is 32.4 Å². The largest absolute Gasteiger partial charge is 0.508 e. The van der Waals surface area contributed by atoms with Gasteiger partial charge in [0.15, 0.2) is 5.96 Å². The number of benzene rings is 1. The summed E-state index contributed by atoms with van der Waals surface area (Å²) in [6.07, 6.45) is 0.977. The van der Waals surface area contributed by atoms with E-state index in [1.165, 1.54) is 12.1 Å². The second-order valence-electron chi connectivity index (χ2n) is 8.94. The Balaban J connectivity index is 3.05. The molecule has 5 atom stereocenters. The molecule has 0 saturated heterocycles. The number of rotatable bonds is 16. The molecule has 1 aromatic carbocycles. The zero-order valence-corrected chi connectivity index (χ0v) is 22.5. The van der Waals surface area contributed by atoms with E-state index in [9.17, 15) is 29.4 Å². The third kappa shape index (κ3) is 11.3. The van der Waals surface area contributed by atoms with E-state index in [0.717, 1.165) is 0 Å². The number of guanidine groups is 1. The van der Waals surface area contributed by atoms with Gasteiger partial charge in [-0.05, 0) is 36.5 Å². The predicted octanol–water partition coefficient (Wildman–Crippen LogP) is -1.17. The topological polar surface area (TPSA) is 235 Å². The van der Waals surface area contributed by atoms with Crippen LogP contribution in [0.3, 0.4) is 0 Å². The average molecular weight is 554 g/mol. The van der Waals surface area contributed by atoms with Gasteiger partial charge in [0.25, 0.3) is 0 Å². The summed E-state index contributed by atoms with van der Waals surface area (Å²) in [6, 6.07) is 1.58. The van der Waals surface area contributed by atoms with Gasteiger partial charge in [0.1, 0.15) is 23.9 Å². The average Bonchev–Trinajstić information content (AvgIpc) is 2.88. The van der Waals surface area contributed by atoms with Gasteiger partial charge in [0.2, 0.25) is 17.7 Å². The Bertz CT molecular complexity index is 972. The van der Waals surface area contributed by atoms with Crippen LogP contribution in [0.1, 0.15) is 38.7 Å². The Morgan fingerprint density at radius 2 is 1.53 bits per heavy atom. The smallest absolute Gasteiger partial charge is 0.326 e. The van der Waals surface area contributed by atoms with E-state index < -0.39 is 47.9 Å². The van der Waals surface area contributed by atoms with Crippen molar-refractivity contribution in [2.24, 2.45) is 28.1 Å². The lowest BCUT2D eigenvalue weighted by atomic mass is 9.99. The van der Waals surface area contributed by atoms with E-state index in [1.807, 2.05) is 13.8 Å². The molecule has 38 heavy (non-hydrogen) atoms. The van der Waals surface area contributed by atoms with Gasteiger partial charge in [0, 0.05) is 18.7 Å². The van der Waals surface area contributed by atoms with E-state index in [0.29, 0.717) is 12.0 Å². The first-order valence-electron chi connectivity index (χ1n) is 12.2. The van der Waals surface area contributed by atoms with Gasteiger partial charge in [-0.2, -0.15) is 12.6 Å². The molecule has 14 heteroatoms. The molecule has 0 radical (unpaired) electrons. The van der Waals surface area contributed by atoms with Crippen molar-refractivity contribution >= 4 is 42.3 Å². The normalized spacial score (nSPS) is 14.7. The number of phenolic OH excluding ortho intramolecular Hbond substituents is 1. The Kier molecular flexibility index (Phi) is 14.0. The lowest BCUT2D eigenvalue weighted by molar-refractivity contribution is -0.142. The van der Waals surface area contributed by atoms with E-state index in [1.54, 1.807) is 12.1 Å². The zero-order valence-electron chi connectivity index (χ0n) is 21.6. The number of carboxylic acid groups (broad SMARTS) is 1. The molecule has 0 heterocycles. The summed E-state index contributed by atoms with van der Waals surface area (Å²) < 4.78 is 0. The van der Waals surface area contributed by atoms with Crippen molar-refractivity contribution in [2.45, 2.75) is 63.7 Å². The van der Waals surface area contributed by atoms with Crippen LogP contribution in [0.15, 0.2) is 29.3 Å². The fourth-order valence-corrected chi connectivity index (χ4v) is 3.61. The fourth-order valence-electron chi connectivity index (χ4n) is 3.36. The van der Waals surface area contributed by atoms with Crippen molar-refractivity contribution in [3.05, 3.63) is 29.8 Å². The van der Waals surface area contributed by atoms with Gasteiger partial charge >= 0.3 is 5.97 Å². The minimum Gasteiger partial charge on any atom is -0.508 e. The van der Waals surface area contributed by atoms with E-state index in [-0.39, 0.29) is 49.2 Å². The van der Waals surface area contributed by atoms with Crippen LogP contribution in [0, 0.1) is 5.92 Å². The molecule has 13 nitrogen and oxygen atoms in total. The van der Waals surface area contributed by atoms with Crippen LogP contribution in [-0.2, 0) is 25.6 Å². The number of thiol groups is 1. The second-order valence-corrected chi connectivity index (χ2v) is 9.30. The summed E-state index contributed by atoms with van der Waals surface area (Å²) in [7, 11) is 0. The van der Waals surface area contributed by atoms with Crippen LogP contribution in [0.5, 0.6) is 5.75 Å². The molecule has 212 valence electrons. The highest BCUT2D eigenvalue weighted by atomic mass is 32.1. The minimum atomic E-state index is -1.27. The predicted molar refractivity (Wildman–Crippen MR) is 146 cm³/mol. The first-order valence-corrected chi connectivity index (χ1v) is 12.9.